The zero-order valence-electron chi connectivity index (χ0n) is 17.8. The Morgan fingerprint density at radius 2 is 2.04 bits per heavy atom. The fourth-order valence-corrected chi connectivity index (χ4v) is 3.78. The molecule has 1 aromatic rings. The van der Waals surface area contributed by atoms with Gasteiger partial charge in [0.1, 0.15) is 6.10 Å². The average molecular weight is 392 g/mol. The Morgan fingerprint density at radius 1 is 1.21 bits per heavy atom. The Morgan fingerprint density at radius 3 is 2.75 bits per heavy atom. The second-order valence-electron chi connectivity index (χ2n) is 7.84. The van der Waals surface area contributed by atoms with Gasteiger partial charge in [-0.1, -0.05) is 0 Å². The van der Waals surface area contributed by atoms with Gasteiger partial charge in [-0.3, -0.25) is 9.67 Å². The molecule has 0 saturated carbocycles. The SMILES string of the molecule is CCNC(=NCCCCN1CCN(C)CC1)N1CCOC(c2cnn(C)c2)C1. The van der Waals surface area contributed by atoms with Crippen molar-refractivity contribution in [1.29, 1.82) is 0 Å². The summed E-state index contributed by atoms with van der Waals surface area (Å²) < 4.78 is 7.80. The Labute approximate surface area is 169 Å². The van der Waals surface area contributed by atoms with Crippen LogP contribution < -0.4 is 5.32 Å². The van der Waals surface area contributed by atoms with Gasteiger partial charge < -0.3 is 24.8 Å². The van der Waals surface area contributed by atoms with Crippen molar-refractivity contribution in [2.45, 2.75) is 25.9 Å². The number of aromatic nitrogens is 2. The van der Waals surface area contributed by atoms with Crippen LogP contribution in [0.4, 0.5) is 0 Å². The van der Waals surface area contributed by atoms with E-state index in [1.54, 1.807) is 0 Å². The molecule has 0 bridgehead atoms. The first-order valence-corrected chi connectivity index (χ1v) is 10.7. The van der Waals surface area contributed by atoms with Crippen molar-refractivity contribution in [2.75, 3.05) is 72.6 Å². The number of likely N-dealkylation sites (N-methyl/N-ethyl adjacent to an activating group) is 1. The van der Waals surface area contributed by atoms with Crippen LogP contribution in [0.1, 0.15) is 31.4 Å². The standard InChI is InChI=1S/C20H37N7O/c1-4-21-20(22-7-5-6-8-26-11-9-24(2)10-12-26)27-13-14-28-19(17-27)18-15-23-25(3)16-18/h15-16,19H,4-14,17H2,1-3H3,(H,21,22). The maximum Gasteiger partial charge on any atom is 0.194 e. The van der Waals surface area contributed by atoms with E-state index in [0.29, 0.717) is 6.61 Å². The Hall–Kier alpha value is -1.64. The van der Waals surface area contributed by atoms with E-state index in [9.17, 15) is 0 Å². The number of rotatable bonds is 7. The number of aliphatic imine (C=N–C) groups is 1. The number of nitrogens with one attached hydrogen (secondary N) is 1. The van der Waals surface area contributed by atoms with E-state index < -0.39 is 0 Å². The largest absolute Gasteiger partial charge is 0.370 e. The molecule has 8 nitrogen and oxygen atoms in total. The lowest BCUT2D eigenvalue weighted by Gasteiger charge is -2.35. The summed E-state index contributed by atoms with van der Waals surface area (Å²) in [6.07, 6.45) is 6.35. The van der Waals surface area contributed by atoms with Crippen LogP contribution in [0.25, 0.3) is 0 Å². The van der Waals surface area contributed by atoms with Gasteiger partial charge in [-0.05, 0) is 33.4 Å². The second kappa shape index (κ2) is 10.8. The summed E-state index contributed by atoms with van der Waals surface area (Å²) in [5.41, 5.74) is 1.13. The topological polar surface area (TPSA) is 61.2 Å². The predicted molar refractivity (Wildman–Crippen MR) is 113 cm³/mol. The van der Waals surface area contributed by atoms with Gasteiger partial charge in [0.25, 0.3) is 0 Å². The molecular formula is C20H37N7O. The first-order chi connectivity index (χ1) is 13.7. The van der Waals surface area contributed by atoms with E-state index in [2.05, 4.69) is 39.1 Å². The fraction of sp³-hybridized carbons (Fsp3) is 0.800. The summed E-state index contributed by atoms with van der Waals surface area (Å²) in [5, 5.41) is 7.73. The van der Waals surface area contributed by atoms with Gasteiger partial charge in [0.2, 0.25) is 0 Å². The third kappa shape index (κ3) is 6.18. The highest BCUT2D eigenvalue weighted by molar-refractivity contribution is 5.80. The Balaban J connectivity index is 1.45. The highest BCUT2D eigenvalue weighted by Gasteiger charge is 2.25. The molecule has 3 heterocycles. The molecule has 0 aromatic carbocycles. The molecule has 0 amide bonds. The number of nitrogens with zero attached hydrogens (tertiary/aromatic N) is 6. The Bertz CT molecular complexity index is 609. The number of aryl methyl sites for hydroxylation is 1. The molecule has 0 radical (unpaired) electrons. The zero-order valence-corrected chi connectivity index (χ0v) is 17.8. The molecule has 0 spiro atoms. The molecule has 158 valence electrons. The van der Waals surface area contributed by atoms with Gasteiger partial charge in [0, 0.05) is 64.6 Å². The maximum atomic E-state index is 5.97. The van der Waals surface area contributed by atoms with Crippen LogP contribution in [0, 0.1) is 0 Å². The Kier molecular flexibility index (Phi) is 8.12. The van der Waals surface area contributed by atoms with E-state index in [0.717, 1.165) is 44.1 Å². The summed E-state index contributed by atoms with van der Waals surface area (Å²) >= 11 is 0. The van der Waals surface area contributed by atoms with E-state index >= 15 is 0 Å². The van der Waals surface area contributed by atoms with Crippen molar-refractivity contribution < 1.29 is 4.74 Å². The number of hydrogen-bond donors (Lipinski definition) is 1. The molecule has 8 heteroatoms. The molecule has 0 aliphatic carbocycles. The van der Waals surface area contributed by atoms with Crippen molar-refractivity contribution in [3.63, 3.8) is 0 Å². The number of guanidine groups is 1. The van der Waals surface area contributed by atoms with Crippen LogP contribution in [-0.4, -0.2) is 103 Å². The quantitative estimate of drug-likeness (QED) is 0.421. The number of ether oxygens (including phenoxy) is 1. The number of morpholine rings is 1. The normalized spacial score (nSPS) is 22.6. The zero-order chi connectivity index (χ0) is 19.8. The lowest BCUT2D eigenvalue weighted by molar-refractivity contribution is -0.00804. The summed E-state index contributed by atoms with van der Waals surface area (Å²) in [4.78, 5) is 12.2. The van der Waals surface area contributed by atoms with Gasteiger partial charge in [-0.15, -0.1) is 0 Å². The highest BCUT2D eigenvalue weighted by Crippen LogP contribution is 2.21. The number of hydrogen-bond acceptors (Lipinski definition) is 5. The minimum Gasteiger partial charge on any atom is -0.370 e. The number of piperazine rings is 1. The van der Waals surface area contributed by atoms with Gasteiger partial charge >= 0.3 is 0 Å². The molecular weight excluding hydrogens is 354 g/mol. The lowest BCUT2D eigenvalue weighted by Crippen LogP contribution is -2.48. The molecule has 2 aliphatic rings. The molecule has 1 atom stereocenters. The van der Waals surface area contributed by atoms with E-state index in [1.807, 2.05) is 24.1 Å². The minimum absolute atomic E-state index is 0.0588. The van der Waals surface area contributed by atoms with Gasteiger partial charge in [-0.25, -0.2) is 0 Å². The number of unbranched alkanes of at least 4 members (excludes halogenated alkanes) is 1. The van der Waals surface area contributed by atoms with Gasteiger partial charge in [0.05, 0.1) is 19.3 Å². The molecule has 2 fully saturated rings. The first-order valence-electron chi connectivity index (χ1n) is 10.7. The van der Waals surface area contributed by atoms with Crippen molar-refractivity contribution >= 4 is 5.96 Å². The average Bonchev–Trinajstić information content (AvgIpc) is 3.15. The van der Waals surface area contributed by atoms with Crippen LogP contribution in [0.15, 0.2) is 17.4 Å². The van der Waals surface area contributed by atoms with Crippen LogP contribution in [0.3, 0.4) is 0 Å². The molecule has 1 unspecified atom stereocenters. The van der Waals surface area contributed by atoms with Crippen LogP contribution >= 0.6 is 0 Å². The first kappa shape index (κ1) is 21.1. The van der Waals surface area contributed by atoms with Crippen LogP contribution in [-0.2, 0) is 11.8 Å². The molecule has 2 aliphatic heterocycles. The molecule has 2 saturated heterocycles. The van der Waals surface area contributed by atoms with E-state index in [4.69, 9.17) is 9.73 Å². The van der Waals surface area contributed by atoms with Gasteiger partial charge in [0.15, 0.2) is 5.96 Å². The smallest absolute Gasteiger partial charge is 0.194 e. The summed E-state index contributed by atoms with van der Waals surface area (Å²) in [6, 6.07) is 0. The van der Waals surface area contributed by atoms with Crippen molar-refractivity contribution in [1.82, 2.24) is 29.8 Å². The summed E-state index contributed by atoms with van der Waals surface area (Å²) in [7, 11) is 4.15. The predicted octanol–water partition coefficient (Wildman–Crippen LogP) is 0.787. The second-order valence-corrected chi connectivity index (χ2v) is 7.84. The molecule has 1 aromatic heterocycles. The van der Waals surface area contributed by atoms with E-state index in [1.165, 1.54) is 39.1 Å². The fourth-order valence-electron chi connectivity index (χ4n) is 3.78. The highest BCUT2D eigenvalue weighted by atomic mass is 16.5. The maximum absolute atomic E-state index is 5.97. The van der Waals surface area contributed by atoms with Crippen molar-refractivity contribution in [3.05, 3.63) is 18.0 Å². The van der Waals surface area contributed by atoms with Crippen molar-refractivity contribution in [3.8, 4) is 0 Å². The van der Waals surface area contributed by atoms with E-state index in [-0.39, 0.29) is 6.10 Å². The van der Waals surface area contributed by atoms with Crippen molar-refractivity contribution in [2.24, 2.45) is 12.0 Å². The summed E-state index contributed by atoms with van der Waals surface area (Å²) in [5.74, 6) is 1.01. The molecule has 3 rings (SSSR count). The van der Waals surface area contributed by atoms with Crippen LogP contribution in [0.5, 0.6) is 0 Å². The molecule has 1 N–H and O–H groups in total. The van der Waals surface area contributed by atoms with Crippen LogP contribution in [0.2, 0.25) is 0 Å². The van der Waals surface area contributed by atoms with Gasteiger partial charge in [-0.2, -0.15) is 5.10 Å². The summed E-state index contributed by atoms with van der Waals surface area (Å²) in [6.45, 7) is 12.3. The monoisotopic (exact) mass is 391 g/mol. The third-order valence-corrected chi connectivity index (χ3v) is 5.54. The lowest BCUT2D eigenvalue weighted by atomic mass is 10.1. The minimum atomic E-state index is 0.0588. The third-order valence-electron chi connectivity index (χ3n) is 5.54. The molecule has 28 heavy (non-hydrogen) atoms.